The van der Waals surface area contributed by atoms with Crippen LogP contribution in [0.2, 0.25) is 0 Å². The van der Waals surface area contributed by atoms with Gasteiger partial charge in [0.05, 0.1) is 0 Å². The van der Waals surface area contributed by atoms with E-state index >= 15 is 0 Å². The van der Waals surface area contributed by atoms with Gasteiger partial charge >= 0.3 is 0 Å². The smallest absolute Gasteiger partial charge is 0.191 e. The van der Waals surface area contributed by atoms with E-state index in [2.05, 4.69) is 58.6 Å². The van der Waals surface area contributed by atoms with Gasteiger partial charge in [-0.1, -0.05) is 31.2 Å². The van der Waals surface area contributed by atoms with Gasteiger partial charge in [-0.15, -0.1) is 0 Å². The molecule has 1 saturated heterocycles. The second kappa shape index (κ2) is 7.56. The fourth-order valence-corrected chi connectivity index (χ4v) is 4.09. The van der Waals surface area contributed by atoms with E-state index < -0.39 is 0 Å². The maximum atomic E-state index is 4.42. The average Bonchev–Trinajstić information content (AvgIpc) is 3.25. The first kappa shape index (κ1) is 17.3. The molecule has 4 heteroatoms. The van der Waals surface area contributed by atoms with E-state index in [1.807, 2.05) is 7.05 Å². The summed E-state index contributed by atoms with van der Waals surface area (Å²) in [7, 11) is 1.87. The molecule has 4 nitrogen and oxygen atoms in total. The normalized spacial score (nSPS) is 23.3. The Bertz CT molecular complexity index is 577. The Hall–Kier alpha value is -1.55. The first-order valence-electron chi connectivity index (χ1n) is 9.43. The first-order chi connectivity index (χ1) is 11.7. The van der Waals surface area contributed by atoms with Crippen molar-refractivity contribution >= 4 is 5.96 Å². The molecule has 0 bridgehead atoms. The summed E-state index contributed by atoms with van der Waals surface area (Å²) >= 11 is 0. The molecule has 0 amide bonds. The number of hydrogen-bond donors (Lipinski definition) is 2. The Kier molecular flexibility index (Phi) is 5.44. The third-order valence-corrected chi connectivity index (χ3v) is 5.80. The van der Waals surface area contributed by atoms with Crippen LogP contribution in [0.3, 0.4) is 0 Å². The number of likely N-dealkylation sites (N-methyl/N-ethyl adjacent to an activating group) is 1. The molecule has 1 aliphatic heterocycles. The summed E-state index contributed by atoms with van der Waals surface area (Å²) in [5, 5.41) is 7.11. The largest absolute Gasteiger partial charge is 0.356 e. The molecule has 1 unspecified atom stereocenters. The van der Waals surface area contributed by atoms with Crippen LogP contribution in [0.15, 0.2) is 29.3 Å². The Labute approximate surface area is 146 Å². The summed E-state index contributed by atoms with van der Waals surface area (Å²) in [5.41, 5.74) is 3.22. The Balaban J connectivity index is 1.52. The minimum atomic E-state index is 0.311. The van der Waals surface area contributed by atoms with Crippen molar-refractivity contribution < 1.29 is 0 Å². The second-order valence-electron chi connectivity index (χ2n) is 7.33. The van der Waals surface area contributed by atoms with Gasteiger partial charge in [-0.25, -0.2) is 0 Å². The van der Waals surface area contributed by atoms with E-state index in [9.17, 15) is 0 Å². The standard InChI is InChI=1S/C20H32N4/c1-4-24-13-7-9-17(24)14-22-19(21-3)23-15-20(11-12-20)18-10-6-5-8-16(18)2/h5-6,8,10,17H,4,7,9,11-15H2,1-3H3,(H2,21,22,23). The van der Waals surface area contributed by atoms with Crippen LogP contribution < -0.4 is 10.6 Å². The minimum absolute atomic E-state index is 0.311. The van der Waals surface area contributed by atoms with Crippen molar-refractivity contribution in [3.8, 4) is 0 Å². The molecule has 1 atom stereocenters. The number of benzene rings is 1. The summed E-state index contributed by atoms with van der Waals surface area (Å²) in [6.07, 6.45) is 5.16. The molecule has 0 radical (unpaired) electrons. The van der Waals surface area contributed by atoms with Gasteiger partial charge in [0, 0.05) is 31.6 Å². The summed E-state index contributed by atoms with van der Waals surface area (Å²) < 4.78 is 0. The molecule has 1 aromatic rings. The number of hydrogen-bond acceptors (Lipinski definition) is 2. The maximum Gasteiger partial charge on any atom is 0.191 e. The van der Waals surface area contributed by atoms with Gasteiger partial charge in [0.2, 0.25) is 0 Å². The molecule has 2 fully saturated rings. The third-order valence-electron chi connectivity index (χ3n) is 5.80. The lowest BCUT2D eigenvalue weighted by Crippen LogP contribution is -2.46. The van der Waals surface area contributed by atoms with Crippen LogP contribution in [0.1, 0.15) is 43.7 Å². The molecule has 1 heterocycles. The highest BCUT2D eigenvalue weighted by atomic mass is 15.2. The molecule has 0 spiro atoms. The first-order valence-corrected chi connectivity index (χ1v) is 9.43. The van der Waals surface area contributed by atoms with Crippen molar-refractivity contribution in [2.24, 2.45) is 4.99 Å². The monoisotopic (exact) mass is 328 g/mol. The van der Waals surface area contributed by atoms with Crippen molar-refractivity contribution in [2.45, 2.75) is 51.0 Å². The molecule has 1 aromatic carbocycles. The van der Waals surface area contributed by atoms with Crippen LogP contribution >= 0.6 is 0 Å². The summed E-state index contributed by atoms with van der Waals surface area (Å²) in [4.78, 5) is 6.99. The molecule has 2 N–H and O–H groups in total. The predicted molar refractivity (Wildman–Crippen MR) is 102 cm³/mol. The summed E-state index contributed by atoms with van der Waals surface area (Å²) in [6.45, 7) is 8.83. The summed E-state index contributed by atoms with van der Waals surface area (Å²) in [6, 6.07) is 9.46. The zero-order valence-corrected chi connectivity index (χ0v) is 15.4. The molecule has 2 aliphatic rings. The zero-order valence-electron chi connectivity index (χ0n) is 15.4. The highest BCUT2D eigenvalue weighted by molar-refractivity contribution is 5.79. The second-order valence-corrected chi connectivity index (χ2v) is 7.33. The van der Waals surface area contributed by atoms with E-state index in [1.165, 1.54) is 43.4 Å². The molecular weight excluding hydrogens is 296 g/mol. The lowest BCUT2D eigenvalue weighted by atomic mass is 9.92. The van der Waals surface area contributed by atoms with Gasteiger partial charge in [0.15, 0.2) is 5.96 Å². The van der Waals surface area contributed by atoms with Gasteiger partial charge < -0.3 is 10.6 Å². The molecule has 1 saturated carbocycles. The number of nitrogens with one attached hydrogen (secondary N) is 2. The topological polar surface area (TPSA) is 39.7 Å². The number of rotatable bonds is 6. The highest BCUT2D eigenvalue weighted by Crippen LogP contribution is 2.48. The van der Waals surface area contributed by atoms with E-state index in [4.69, 9.17) is 0 Å². The molecular formula is C20H32N4. The zero-order chi connectivity index (χ0) is 17.0. The quantitative estimate of drug-likeness (QED) is 0.623. The maximum absolute atomic E-state index is 4.42. The van der Waals surface area contributed by atoms with Crippen LogP contribution in [-0.4, -0.2) is 50.1 Å². The van der Waals surface area contributed by atoms with Crippen LogP contribution in [0.4, 0.5) is 0 Å². The van der Waals surface area contributed by atoms with E-state index in [-0.39, 0.29) is 0 Å². The molecule has 1 aliphatic carbocycles. The van der Waals surface area contributed by atoms with Gasteiger partial charge in [0.1, 0.15) is 0 Å². The Morgan fingerprint density at radius 2 is 2.08 bits per heavy atom. The molecule has 132 valence electrons. The van der Waals surface area contributed by atoms with Crippen molar-refractivity contribution in [3.63, 3.8) is 0 Å². The lowest BCUT2D eigenvalue weighted by Gasteiger charge is -2.25. The van der Waals surface area contributed by atoms with Crippen molar-refractivity contribution in [3.05, 3.63) is 35.4 Å². The number of guanidine groups is 1. The fraction of sp³-hybridized carbons (Fsp3) is 0.650. The predicted octanol–water partition coefficient (Wildman–Crippen LogP) is 2.68. The number of likely N-dealkylation sites (tertiary alicyclic amines) is 1. The Morgan fingerprint density at radius 3 is 2.75 bits per heavy atom. The van der Waals surface area contributed by atoms with Crippen LogP contribution in [0, 0.1) is 6.92 Å². The number of nitrogens with zero attached hydrogens (tertiary/aromatic N) is 2. The molecule has 24 heavy (non-hydrogen) atoms. The highest BCUT2D eigenvalue weighted by Gasteiger charge is 2.44. The van der Waals surface area contributed by atoms with Crippen LogP contribution in [-0.2, 0) is 5.41 Å². The van der Waals surface area contributed by atoms with E-state index in [0.29, 0.717) is 11.5 Å². The van der Waals surface area contributed by atoms with Crippen molar-refractivity contribution in [1.29, 1.82) is 0 Å². The molecule has 0 aromatic heterocycles. The van der Waals surface area contributed by atoms with Gasteiger partial charge in [-0.2, -0.15) is 0 Å². The average molecular weight is 329 g/mol. The van der Waals surface area contributed by atoms with E-state index in [1.54, 1.807) is 0 Å². The molecule has 3 rings (SSSR count). The number of aliphatic imine (C=N–C) groups is 1. The Morgan fingerprint density at radius 1 is 1.29 bits per heavy atom. The fourth-order valence-electron chi connectivity index (χ4n) is 4.09. The van der Waals surface area contributed by atoms with Crippen molar-refractivity contribution in [2.75, 3.05) is 33.2 Å². The third kappa shape index (κ3) is 3.75. The SMILES string of the molecule is CCN1CCCC1CNC(=NC)NCC1(c2ccccc2C)CC1. The minimum Gasteiger partial charge on any atom is -0.356 e. The lowest BCUT2D eigenvalue weighted by molar-refractivity contribution is 0.267. The van der Waals surface area contributed by atoms with Crippen LogP contribution in [0.25, 0.3) is 0 Å². The van der Waals surface area contributed by atoms with E-state index in [0.717, 1.165) is 25.6 Å². The summed E-state index contributed by atoms with van der Waals surface area (Å²) in [5.74, 6) is 0.942. The number of aryl methyl sites for hydroxylation is 1. The van der Waals surface area contributed by atoms with Gasteiger partial charge in [-0.05, 0) is 56.8 Å². The van der Waals surface area contributed by atoms with Crippen LogP contribution in [0.5, 0.6) is 0 Å². The van der Waals surface area contributed by atoms with Crippen molar-refractivity contribution in [1.82, 2.24) is 15.5 Å². The van der Waals surface area contributed by atoms with Gasteiger partial charge in [-0.3, -0.25) is 9.89 Å². The van der Waals surface area contributed by atoms with Gasteiger partial charge in [0.25, 0.3) is 0 Å².